The maximum atomic E-state index is 11.8. The number of amides is 1. The van der Waals surface area contributed by atoms with Gasteiger partial charge in [-0.3, -0.25) is 4.79 Å². The minimum Gasteiger partial charge on any atom is -0.326 e. The molecule has 0 spiro atoms. The summed E-state index contributed by atoms with van der Waals surface area (Å²) in [6, 6.07) is 7.77. The van der Waals surface area contributed by atoms with Crippen LogP contribution in [0.25, 0.3) is 0 Å². The minimum atomic E-state index is 0.0274. The van der Waals surface area contributed by atoms with E-state index in [0.29, 0.717) is 12.3 Å². The summed E-state index contributed by atoms with van der Waals surface area (Å²) in [5.41, 5.74) is 7.71. The molecular weight excluding hydrogens is 238 g/mol. The quantitative estimate of drug-likeness (QED) is 0.760. The molecule has 0 radical (unpaired) electrons. The van der Waals surface area contributed by atoms with Crippen LogP contribution in [0, 0.1) is 5.92 Å². The van der Waals surface area contributed by atoms with Crippen LogP contribution in [-0.4, -0.2) is 19.0 Å². The summed E-state index contributed by atoms with van der Waals surface area (Å²) in [6.45, 7) is 4.09. The number of hydrogen-bond donors (Lipinski definition) is 3. The zero-order valence-corrected chi connectivity index (χ0v) is 11.5. The van der Waals surface area contributed by atoms with Crippen LogP contribution in [0.2, 0.25) is 0 Å². The van der Waals surface area contributed by atoms with Gasteiger partial charge in [-0.05, 0) is 56.5 Å². The van der Waals surface area contributed by atoms with Crippen molar-refractivity contribution in [2.24, 2.45) is 11.7 Å². The third-order valence-corrected chi connectivity index (χ3v) is 3.66. The maximum Gasteiger partial charge on any atom is 0.224 e. The first-order chi connectivity index (χ1) is 9.15. The smallest absolute Gasteiger partial charge is 0.224 e. The van der Waals surface area contributed by atoms with E-state index in [4.69, 9.17) is 5.73 Å². The van der Waals surface area contributed by atoms with Crippen LogP contribution in [0.15, 0.2) is 24.3 Å². The van der Waals surface area contributed by atoms with Crippen molar-refractivity contribution in [3.63, 3.8) is 0 Å². The van der Waals surface area contributed by atoms with E-state index in [2.05, 4.69) is 10.6 Å². The molecule has 1 fully saturated rings. The number of hydrogen-bond acceptors (Lipinski definition) is 3. The number of carbonyl (C=O) groups excluding carboxylic acids is 1. The van der Waals surface area contributed by atoms with E-state index < -0.39 is 0 Å². The molecule has 0 aromatic heterocycles. The number of benzene rings is 1. The van der Waals surface area contributed by atoms with Crippen molar-refractivity contribution in [3.05, 3.63) is 29.8 Å². The zero-order chi connectivity index (χ0) is 13.7. The normalized spacial score (nSPS) is 20.2. The Balaban J connectivity index is 1.77. The molecule has 2 unspecified atom stereocenters. The second kappa shape index (κ2) is 6.68. The van der Waals surface area contributed by atoms with E-state index in [1.807, 2.05) is 31.2 Å². The van der Waals surface area contributed by atoms with Crippen LogP contribution >= 0.6 is 0 Å². The fourth-order valence-electron chi connectivity index (χ4n) is 2.39. The van der Waals surface area contributed by atoms with Gasteiger partial charge in [0.2, 0.25) is 5.91 Å². The molecule has 0 saturated carbocycles. The molecule has 19 heavy (non-hydrogen) atoms. The molecule has 4 N–H and O–H groups in total. The molecule has 1 aromatic carbocycles. The molecule has 2 rings (SSSR count). The Morgan fingerprint density at radius 1 is 1.47 bits per heavy atom. The Hall–Kier alpha value is -1.39. The van der Waals surface area contributed by atoms with Gasteiger partial charge in [0.1, 0.15) is 0 Å². The first-order valence-corrected chi connectivity index (χ1v) is 7.01. The topological polar surface area (TPSA) is 67.1 Å². The van der Waals surface area contributed by atoms with Gasteiger partial charge >= 0.3 is 0 Å². The largest absolute Gasteiger partial charge is 0.326 e. The first kappa shape index (κ1) is 14.0. The van der Waals surface area contributed by atoms with Crippen LogP contribution in [0.5, 0.6) is 0 Å². The fraction of sp³-hybridized carbons (Fsp3) is 0.533. The highest BCUT2D eigenvalue weighted by Crippen LogP contribution is 2.17. The SMILES string of the molecule is CC(N)c1ccc(NC(=O)CCC2CCNC2)cc1. The molecule has 2 atom stereocenters. The molecule has 4 heteroatoms. The van der Waals surface area contributed by atoms with Crippen molar-refractivity contribution in [2.45, 2.75) is 32.2 Å². The van der Waals surface area contributed by atoms with Crippen molar-refractivity contribution < 1.29 is 4.79 Å². The van der Waals surface area contributed by atoms with Crippen molar-refractivity contribution >= 4 is 11.6 Å². The molecule has 1 amide bonds. The Bertz CT molecular complexity index is 408. The standard InChI is InChI=1S/C15H23N3O/c1-11(16)13-3-5-14(6-4-13)18-15(19)7-2-12-8-9-17-10-12/h3-6,11-12,17H,2,7-10,16H2,1H3,(H,18,19). The Morgan fingerprint density at radius 2 is 2.21 bits per heavy atom. The lowest BCUT2D eigenvalue weighted by Crippen LogP contribution is -2.15. The van der Waals surface area contributed by atoms with E-state index in [1.165, 1.54) is 6.42 Å². The van der Waals surface area contributed by atoms with Crippen LogP contribution in [0.4, 0.5) is 5.69 Å². The molecule has 1 aliphatic heterocycles. The third kappa shape index (κ3) is 4.33. The lowest BCUT2D eigenvalue weighted by atomic mass is 10.0. The van der Waals surface area contributed by atoms with E-state index >= 15 is 0 Å². The highest BCUT2D eigenvalue weighted by molar-refractivity contribution is 5.90. The first-order valence-electron chi connectivity index (χ1n) is 7.01. The van der Waals surface area contributed by atoms with Gasteiger partial charge in [0.25, 0.3) is 0 Å². The van der Waals surface area contributed by atoms with E-state index in [1.54, 1.807) is 0 Å². The Morgan fingerprint density at radius 3 is 2.79 bits per heavy atom. The Labute approximate surface area is 114 Å². The summed E-state index contributed by atoms with van der Waals surface area (Å²) in [5.74, 6) is 0.756. The van der Waals surface area contributed by atoms with Crippen molar-refractivity contribution in [1.29, 1.82) is 0 Å². The number of anilines is 1. The van der Waals surface area contributed by atoms with Gasteiger partial charge in [0, 0.05) is 18.2 Å². The van der Waals surface area contributed by atoms with E-state index in [0.717, 1.165) is 30.8 Å². The number of nitrogens with one attached hydrogen (secondary N) is 2. The molecule has 1 saturated heterocycles. The monoisotopic (exact) mass is 261 g/mol. The van der Waals surface area contributed by atoms with Gasteiger partial charge in [0.05, 0.1) is 0 Å². The summed E-state index contributed by atoms with van der Waals surface area (Å²) in [6.07, 6.45) is 2.76. The minimum absolute atomic E-state index is 0.0274. The summed E-state index contributed by atoms with van der Waals surface area (Å²) in [5, 5.41) is 6.25. The van der Waals surface area contributed by atoms with Crippen molar-refractivity contribution in [3.8, 4) is 0 Å². The second-order valence-electron chi connectivity index (χ2n) is 5.36. The molecule has 4 nitrogen and oxygen atoms in total. The number of nitrogens with two attached hydrogens (primary N) is 1. The van der Waals surface area contributed by atoms with Crippen molar-refractivity contribution in [2.75, 3.05) is 18.4 Å². The maximum absolute atomic E-state index is 11.8. The van der Waals surface area contributed by atoms with Gasteiger partial charge in [-0.1, -0.05) is 12.1 Å². The summed E-state index contributed by atoms with van der Waals surface area (Å²) < 4.78 is 0. The average molecular weight is 261 g/mol. The fourth-order valence-corrected chi connectivity index (χ4v) is 2.39. The van der Waals surface area contributed by atoms with E-state index in [-0.39, 0.29) is 11.9 Å². The van der Waals surface area contributed by atoms with Gasteiger partial charge < -0.3 is 16.4 Å². The highest BCUT2D eigenvalue weighted by Gasteiger charge is 2.15. The van der Waals surface area contributed by atoms with E-state index in [9.17, 15) is 4.79 Å². The zero-order valence-electron chi connectivity index (χ0n) is 11.5. The summed E-state index contributed by atoms with van der Waals surface area (Å²) >= 11 is 0. The van der Waals surface area contributed by atoms with Gasteiger partial charge in [-0.2, -0.15) is 0 Å². The van der Waals surface area contributed by atoms with Gasteiger partial charge in [-0.25, -0.2) is 0 Å². The molecule has 1 aromatic rings. The van der Waals surface area contributed by atoms with Crippen LogP contribution < -0.4 is 16.4 Å². The predicted molar refractivity (Wildman–Crippen MR) is 77.9 cm³/mol. The highest BCUT2D eigenvalue weighted by atomic mass is 16.1. The van der Waals surface area contributed by atoms with Crippen LogP contribution in [0.1, 0.15) is 37.8 Å². The number of rotatable bonds is 5. The predicted octanol–water partition coefficient (Wildman–Crippen LogP) is 2.03. The molecule has 1 aliphatic rings. The molecule has 104 valence electrons. The van der Waals surface area contributed by atoms with Crippen LogP contribution in [-0.2, 0) is 4.79 Å². The average Bonchev–Trinajstić information content (AvgIpc) is 2.90. The summed E-state index contributed by atoms with van der Waals surface area (Å²) in [7, 11) is 0. The van der Waals surface area contributed by atoms with Crippen molar-refractivity contribution in [1.82, 2.24) is 5.32 Å². The van der Waals surface area contributed by atoms with Crippen LogP contribution in [0.3, 0.4) is 0 Å². The lowest BCUT2D eigenvalue weighted by molar-refractivity contribution is -0.116. The molecular formula is C15H23N3O. The molecule has 1 heterocycles. The third-order valence-electron chi connectivity index (χ3n) is 3.66. The van der Waals surface area contributed by atoms with Gasteiger partial charge in [-0.15, -0.1) is 0 Å². The summed E-state index contributed by atoms with van der Waals surface area (Å²) in [4.78, 5) is 11.8. The lowest BCUT2D eigenvalue weighted by Gasteiger charge is -2.10. The number of carbonyl (C=O) groups is 1. The second-order valence-corrected chi connectivity index (χ2v) is 5.36. The Kier molecular flexibility index (Phi) is 4.93. The molecule has 0 bridgehead atoms. The molecule has 0 aliphatic carbocycles. The van der Waals surface area contributed by atoms with Gasteiger partial charge in [0.15, 0.2) is 0 Å².